The largest absolute Gasteiger partial charge is 0.370 e. The Balaban J connectivity index is 0.00000154. The predicted molar refractivity (Wildman–Crippen MR) is 87.3 cm³/mol. The molecule has 2 unspecified atom stereocenters. The van der Waals surface area contributed by atoms with Crippen molar-refractivity contribution < 1.29 is 0 Å². The fraction of sp³-hybridized carbons (Fsp3) is 0.882. The van der Waals surface area contributed by atoms with E-state index in [2.05, 4.69) is 58.2 Å². The van der Waals surface area contributed by atoms with Crippen molar-refractivity contribution in [3.63, 3.8) is 0 Å². The van der Waals surface area contributed by atoms with Crippen LogP contribution in [0.15, 0.2) is 12.3 Å². The third kappa shape index (κ3) is 5.18. The number of likely N-dealkylation sites (tertiary alicyclic amines) is 1. The van der Waals surface area contributed by atoms with Crippen LogP contribution in [0.25, 0.3) is 0 Å². The van der Waals surface area contributed by atoms with Gasteiger partial charge in [-0.05, 0) is 38.3 Å². The summed E-state index contributed by atoms with van der Waals surface area (Å²) in [7, 11) is 4.28. The van der Waals surface area contributed by atoms with Crippen LogP contribution in [0.4, 0.5) is 0 Å². The van der Waals surface area contributed by atoms with Gasteiger partial charge in [0.25, 0.3) is 0 Å². The van der Waals surface area contributed by atoms with Crippen LogP contribution in [0.1, 0.15) is 48.0 Å². The van der Waals surface area contributed by atoms with Crippen LogP contribution in [-0.2, 0) is 0 Å². The Kier molecular flexibility index (Phi) is 8.40. The second-order valence-corrected chi connectivity index (χ2v) is 6.41. The minimum Gasteiger partial charge on any atom is -0.370 e. The number of likely N-dealkylation sites (N-methyl/N-ethyl adjacent to an activating group) is 1. The van der Waals surface area contributed by atoms with E-state index in [-0.39, 0.29) is 0 Å². The molecule has 0 spiro atoms. The lowest BCUT2D eigenvalue weighted by Crippen LogP contribution is -2.41. The highest BCUT2D eigenvalue weighted by Crippen LogP contribution is 2.39. The molecular formula is C17H36N2. The Bertz CT molecular complexity index is 256. The molecule has 0 saturated carbocycles. The van der Waals surface area contributed by atoms with Crippen LogP contribution in [0.2, 0.25) is 0 Å². The van der Waals surface area contributed by atoms with Crippen LogP contribution >= 0.6 is 0 Å². The van der Waals surface area contributed by atoms with Gasteiger partial charge in [0.2, 0.25) is 0 Å². The molecule has 19 heavy (non-hydrogen) atoms. The van der Waals surface area contributed by atoms with Crippen molar-refractivity contribution in [2.24, 2.45) is 17.8 Å². The zero-order valence-corrected chi connectivity index (χ0v) is 14.5. The highest BCUT2D eigenvalue weighted by Gasteiger charge is 2.38. The molecule has 0 aliphatic carbocycles. The molecule has 1 aliphatic rings. The molecule has 1 aliphatic heterocycles. The first-order valence-corrected chi connectivity index (χ1v) is 7.93. The van der Waals surface area contributed by atoms with Gasteiger partial charge in [-0.2, -0.15) is 0 Å². The minimum atomic E-state index is 0.683. The monoisotopic (exact) mass is 268 g/mol. The molecular weight excluding hydrogens is 232 g/mol. The second-order valence-electron chi connectivity index (χ2n) is 6.41. The standard InChI is InChI=1S/C15H30N2.C2H6/c1-11(2)14-10-13(5)17(9-8-16(6)7)15(14)12(3)4;1-2/h11-12,14-15H,5,8-10H2,1-4,6-7H3;1-2H3. The van der Waals surface area contributed by atoms with Crippen molar-refractivity contribution in [1.29, 1.82) is 0 Å². The van der Waals surface area contributed by atoms with Gasteiger partial charge in [0.1, 0.15) is 0 Å². The first-order valence-electron chi connectivity index (χ1n) is 7.93. The topological polar surface area (TPSA) is 6.48 Å². The number of hydrogen-bond acceptors (Lipinski definition) is 2. The van der Waals surface area contributed by atoms with Gasteiger partial charge in [-0.3, -0.25) is 0 Å². The Morgan fingerprint density at radius 1 is 1.16 bits per heavy atom. The molecule has 0 aromatic heterocycles. The number of hydrogen-bond donors (Lipinski definition) is 0. The lowest BCUT2D eigenvalue weighted by Gasteiger charge is -2.35. The first kappa shape index (κ1) is 18.5. The second kappa shape index (κ2) is 8.63. The summed E-state index contributed by atoms with van der Waals surface area (Å²) < 4.78 is 0. The summed E-state index contributed by atoms with van der Waals surface area (Å²) in [5.41, 5.74) is 1.35. The maximum Gasteiger partial charge on any atom is 0.0344 e. The Morgan fingerprint density at radius 3 is 2.05 bits per heavy atom. The van der Waals surface area contributed by atoms with E-state index in [0.29, 0.717) is 12.0 Å². The zero-order valence-electron chi connectivity index (χ0n) is 14.5. The summed E-state index contributed by atoms with van der Waals surface area (Å²) in [6, 6.07) is 0.683. The van der Waals surface area contributed by atoms with E-state index in [1.165, 1.54) is 12.1 Å². The first-order chi connectivity index (χ1) is 8.84. The Labute approximate surface area is 121 Å². The fourth-order valence-corrected chi connectivity index (χ4v) is 3.05. The van der Waals surface area contributed by atoms with Gasteiger partial charge >= 0.3 is 0 Å². The fourth-order valence-electron chi connectivity index (χ4n) is 3.05. The van der Waals surface area contributed by atoms with Crippen molar-refractivity contribution in [3.8, 4) is 0 Å². The summed E-state index contributed by atoms with van der Waals surface area (Å²) in [5.74, 6) is 2.25. The maximum absolute atomic E-state index is 4.29. The molecule has 2 nitrogen and oxygen atoms in total. The normalized spacial score (nSPS) is 23.3. The van der Waals surface area contributed by atoms with Gasteiger partial charge in [0.05, 0.1) is 0 Å². The molecule has 1 heterocycles. The number of allylic oxidation sites excluding steroid dienone is 1. The van der Waals surface area contributed by atoms with Gasteiger partial charge in [0, 0.05) is 24.8 Å². The molecule has 0 aromatic rings. The molecule has 2 atom stereocenters. The molecule has 0 aromatic carbocycles. The lowest BCUT2D eigenvalue weighted by atomic mass is 9.83. The van der Waals surface area contributed by atoms with E-state index in [1.807, 2.05) is 13.8 Å². The maximum atomic E-state index is 4.29. The summed E-state index contributed by atoms with van der Waals surface area (Å²) in [4.78, 5) is 4.82. The molecule has 0 radical (unpaired) electrons. The molecule has 1 saturated heterocycles. The van der Waals surface area contributed by atoms with Crippen LogP contribution in [0, 0.1) is 17.8 Å². The van der Waals surface area contributed by atoms with Crippen LogP contribution in [0.5, 0.6) is 0 Å². The predicted octanol–water partition coefficient (Wildman–Crippen LogP) is 4.09. The summed E-state index contributed by atoms with van der Waals surface area (Å²) in [6.45, 7) is 19.9. The van der Waals surface area contributed by atoms with E-state index >= 15 is 0 Å². The van der Waals surface area contributed by atoms with Crippen LogP contribution in [0.3, 0.4) is 0 Å². The van der Waals surface area contributed by atoms with Crippen molar-refractivity contribution in [2.45, 2.75) is 54.0 Å². The minimum absolute atomic E-state index is 0.683. The molecule has 0 N–H and O–H groups in total. The van der Waals surface area contributed by atoms with Crippen LogP contribution in [-0.4, -0.2) is 43.0 Å². The van der Waals surface area contributed by atoms with Crippen molar-refractivity contribution >= 4 is 0 Å². The number of nitrogens with zero attached hydrogens (tertiary/aromatic N) is 2. The van der Waals surface area contributed by atoms with Gasteiger partial charge in [-0.25, -0.2) is 0 Å². The molecule has 0 bridgehead atoms. The SMILES string of the molecule is C=C1CC(C(C)C)C(C(C)C)N1CCN(C)C.CC. The Morgan fingerprint density at radius 2 is 1.68 bits per heavy atom. The van der Waals surface area contributed by atoms with Crippen LogP contribution < -0.4 is 0 Å². The summed E-state index contributed by atoms with van der Waals surface area (Å²) in [6.07, 6.45) is 1.19. The van der Waals surface area contributed by atoms with E-state index < -0.39 is 0 Å². The molecule has 1 rings (SSSR count). The smallest absolute Gasteiger partial charge is 0.0344 e. The highest BCUT2D eigenvalue weighted by atomic mass is 15.2. The van der Waals surface area contributed by atoms with E-state index in [0.717, 1.165) is 24.9 Å². The van der Waals surface area contributed by atoms with Crippen molar-refractivity contribution in [1.82, 2.24) is 9.80 Å². The van der Waals surface area contributed by atoms with E-state index in [9.17, 15) is 0 Å². The van der Waals surface area contributed by atoms with E-state index in [1.54, 1.807) is 0 Å². The molecule has 114 valence electrons. The molecule has 1 fully saturated rings. The average Bonchev–Trinajstić information content (AvgIpc) is 2.66. The van der Waals surface area contributed by atoms with Gasteiger partial charge in [-0.15, -0.1) is 0 Å². The van der Waals surface area contributed by atoms with Crippen molar-refractivity contribution in [2.75, 3.05) is 27.2 Å². The highest BCUT2D eigenvalue weighted by molar-refractivity contribution is 5.09. The Hall–Kier alpha value is -0.500. The zero-order chi connectivity index (χ0) is 15.2. The van der Waals surface area contributed by atoms with Crippen molar-refractivity contribution in [3.05, 3.63) is 12.3 Å². The van der Waals surface area contributed by atoms with Gasteiger partial charge in [0.15, 0.2) is 0 Å². The quantitative estimate of drug-likeness (QED) is 0.741. The summed E-state index contributed by atoms with van der Waals surface area (Å²) >= 11 is 0. The van der Waals surface area contributed by atoms with E-state index in [4.69, 9.17) is 0 Å². The lowest BCUT2D eigenvalue weighted by molar-refractivity contribution is 0.159. The average molecular weight is 268 g/mol. The summed E-state index contributed by atoms with van der Waals surface area (Å²) in [5, 5.41) is 0. The molecule has 2 heteroatoms. The third-order valence-corrected chi connectivity index (χ3v) is 4.00. The van der Waals surface area contributed by atoms with Gasteiger partial charge < -0.3 is 9.80 Å². The third-order valence-electron chi connectivity index (χ3n) is 4.00. The molecule has 0 amide bonds. The van der Waals surface area contributed by atoms with Gasteiger partial charge in [-0.1, -0.05) is 48.1 Å². The number of rotatable bonds is 5.